The molecule has 1 aromatic rings. The molecule has 1 aliphatic rings. The third-order valence-corrected chi connectivity index (χ3v) is 2.95. The van der Waals surface area contributed by atoms with E-state index in [1.807, 2.05) is 12.1 Å². The van der Waals surface area contributed by atoms with E-state index in [1.165, 1.54) is 11.3 Å². The van der Waals surface area contributed by atoms with Gasteiger partial charge in [-0.2, -0.15) is 0 Å². The maximum absolute atomic E-state index is 10.8. The maximum atomic E-state index is 10.8. The molecular weight excluding hydrogens is 188 g/mol. The van der Waals surface area contributed by atoms with Gasteiger partial charge < -0.3 is 11.1 Å². The summed E-state index contributed by atoms with van der Waals surface area (Å²) in [6.07, 6.45) is 2.44. The molecule has 2 rings (SSSR count). The molecule has 3 nitrogen and oxygen atoms in total. The van der Waals surface area contributed by atoms with Crippen LogP contribution in [0.1, 0.15) is 30.7 Å². The lowest BCUT2D eigenvalue weighted by Gasteiger charge is -2.26. The van der Waals surface area contributed by atoms with Gasteiger partial charge in [0.25, 0.3) is 0 Å². The van der Waals surface area contributed by atoms with Crippen molar-refractivity contribution < 1.29 is 4.79 Å². The van der Waals surface area contributed by atoms with Crippen LogP contribution in [0.3, 0.4) is 0 Å². The molecule has 0 radical (unpaired) electrons. The molecule has 0 spiro atoms. The highest BCUT2D eigenvalue weighted by molar-refractivity contribution is 5.73. The smallest absolute Gasteiger partial charge is 0.217 e. The average molecular weight is 204 g/mol. The van der Waals surface area contributed by atoms with Crippen molar-refractivity contribution in [3.8, 4) is 0 Å². The van der Waals surface area contributed by atoms with E-state index in [2.05, 4.69) is 17.4 Å². The third kappa shape index (κ3) is 2.29. The summed E-state index contributed by atoms with van der Waals surface area (Å²) in [6, 6.07) is 8.30. The lowest BCUT2D eigenvalue weighted by molar-refractivity contribution is -0.118. The molecule has 0 unspecified atom stereocenters. The summed E-state index contributed by atoms with van der Waals surface area (Å²) in [5.74, 6) is 0.279. The first kappa shape index (κ1) is 10.0. The van der Waals surface area contributed by atoms with E-state index in [0.717, 1.165) is 19.4 Å². The van der Waals surface area contributed by atoms with Crippen molar-refractivity contribution in [3.63, 3.8) is 0 Å². The molecular formula is C12H16N2O. The number of rotatable bonds is 3. The fourth-order valence-electron chi connectivity index (χ4n) is 2.17. The second kappa shape index (κ2) is 4.34. The van der Waals surface area contributed by atoms with Gasteiger partial charge in [-0.3, -0.25) is 4.79 Å². The topological polar surface area (TPSA) is 55.1 Å². The van der Waals surface area contributed by atoms with Gasteiger partial charge in [0.2, 0.25) is 5.91 Å². The van der Waals surface area contributed by atoms with E-state index in [-0.39, 0.29) is 5.91 Å². The lowest BCUT2D eigenvalue weighted by Crippen LogP contribution is -2.19. The van der Waals surface area contributed by atoms with Crippen LogP contribution in [0, 0.1) is 0 Å². The van der Waals surface area contributed by atoms with Crippen molar-refractivity contribution in [1.82, 2.24) is 0 Å². The zero-order valence-electron chi connectivity index (χ0n) is 8.70. The van der Waals surface area contributed by atoms with E-state index in [0.29, 0.717) is 12.3 Å². The molecule has 1 atom stereocenters. The quantitative estimate of drug-likeness (QED) is 0.789. The Labute approximate surface area is 89.7 Å². The molecule has 1 heterocycles. The minimum Gasteiger partial charge on any atom is -0.385 e. The van der Waals surface area contributed by atoms with E-state index in [9.17, 15) is 4.79 Å². The number of nitrogens with one attached hydrogen (secondary N) is 1. The van der Waals surface area contributed by atoms with E-state index >= 15 is 0 Å². The second-order valence-electron chi connectivity index (χ2n) is 4.00. The fourth-order valence-corrected chi connectivity index (χ4v) is 2.17. The normalized spacial score (nSPS) is 19.1. The summed E-state index contributed by atoms with van der Waals surface area (Å²) in [7, 11) is 0. The standard InChI is InChI=1S/C12H16N2O/c13-12(15)6-5-9-7-8-14-11-4-2-1-3-10(9)11/h1-4,9,14H,5-8H2,(H2,13,15)/t9-/m1/s1. The Morgan fingerprint density at radius 2 is 2.27 bits per heavy atom. The zero-order chi connectivity index (χ0) is 10.7. The number of para-hydroxylation sites is 1. The van der Waals surface area contributed by atoms with Crippen molar-refractivity contribution >= 4 is 11.6 Å². The number of hydrogen-bond acceptors (Lipinski definition) is 2. The molecule has 0 aromatic heterocycles. The summed E-state index contributed by atoms with van der Waals surface area (Å²) in [6.45, 7) is 0.987. The van der Waals surface area contributed by atoms with Crippen LogP contribution in [-0.4, -0.2) is 12.5 Å². The Morgan fingerprint density at radius 3 is 3.07 bits per heavy atom. The third-order valence-electron chi connectivity index (χ3n) is 2.95. The molecule has 1 aliphatic heterocycles. The highest BCUT2D eigenvalue weighted by Gasteiger charge is 2.19. The van der Waals surface area contributed by atoms with Crippen molar-refractivity contribution in [2.75, 3.05) is 11.9 Å². The number of nitrogens with two attached hydrogens (primary N) is 1. The largest absolute Gasteiger partial charge is 0.385 e. The highest BCUT2D eigenvalue weighted by Crippen LogP contribution is 2.34. The molecule has 0 fully saturated rings. The number of benzene rings is 1. The van der Waals surface area contributed by atoms with Gasteiger partial charge in [-0.25, -0.2) is 0 Å². The van der Waals surface area contributed by atoms with Gasteiger partial charge in [-0.15, -0.1) is 0 Å². The van der Waals surface area contributed by atoms with Gasteiger partial charge in [-0.1, -0.05) is 18.2 Å². The van der Waals surface area contributed by atoms with Gasteiger partial charge in [0, 0.05) is 18.7 Å². The molecule has 0 saturated heterocycles. The monoisotopic (exact) mass is 204 g/mol. The highest BCUT2D eigenvalue weighted by atomic mass is 16.1. The minimum atomic E-state index is -0.203. The number of fused-ring (bicyclic) bond motifs is 1. The van der Waals surface area contributed by atoms with Crippen molar-refractivity contribution in [1.29, 1.82) is 0 Å². The zero-order valence-corrected chi connectivity index (χ0v) is 8.70. The summed E-state index contributed by atoms with van der Waals surface area (Å²) in [5, 5.41) is 3.36. The van der Waals surface area contributed by atoms with Gasteiger partial charge in [0.05, 0.1) is 0 Å². The van der Waals surface area contributed by atoms with Gasteiger partial charge >= 0.3 is 0 Å². The molecule has 1 amide bonds. The number of carbonyl (C=O) groups is 1. The van der Waals surface area contributed by atoms with Crippen LogP contribution >= 0.6 is 0 Å². The van der Waals surface area contributed by atoms with Crippen molar-refractivity contribution in [3.05, 3.63) is 29.8 Å². The van der Waals surface area contributed by atoms with Crippen LogP contribution < -0.4 is 11.1 Å². The van der Waals surface area contributed by atoms with E-state index in [4.69, 9.17) is 5.73 Å². The van der Waals surface area contributed by atoms with Crippen LogP contribution in [0.2, 0.25) is 0 Å². The van der Waals surface area contributed by atoms with Gasteiger partial charge in [0.15, 0.2) is 0 Å². The van der Waals surface area contributed by atoms with Crippen molar-refractivity contribution in [2.24, 2.45) is 5.73 Å². The van der Waals surface area contributed by atoms with Gasteiger partial charge in [0.1, 0.15) is 0 Å². The van der Waals surface area contributed by atoms with E-state index < -0.39 is 0 Å². The molecule has 0 saturated carbocycles. The predicted molar refractivity (Wildman–Crippen MR) is 60.7 cm³/mol. The summed E-state index contributed by atoms with van der Waals surface area (Å²) in [5.41, 5.74) is 7.71. The molecule has 0 aliphatic carbocycles. The second-order valence-corrected chi connectivity index (χ2v) is 4.00. The summed E-state index contributed by atoms with van der Waals surface area (Å²) in [4.78, 5) is 10.8. The number of amides is 1. The number of hydrogen-bond donors (Lipinski definition) is 2. The summed E-state index contributed by atoms with van der Waals surface area (Å²) >= 11 is 0. The Balaban J connectivity index is 2.11. The first-order chi connectivity index (χ1) is 7.27. The molecule has 3 N–H and O–H groups in total. The molecule has 80 valence electrons. The lowest BCUT2D eigenvalue weighted by atomic mass is 9.87. The molecule has 1 aromatic carbocycles. The minimum absolute atomic E-state index is 0.203. The molecule has 3 heteroatoms. The Morgan fingerprint density at radius 1 is 1.47 bits per heavy atom. The van der Waals surface area contributed by atoms with Crippen LogP contribution in [0.25, 0.3) is 0 Å². The summed E-state index contributed by atoms with van der Waals surface area (Å²) < 4.78 is 0. The number of anilines is 1. The van der Waals surface area contributed by atoms with Crippen LogP contribution in [0.5, 0.6) is 0 Å². The first-order valence-corrected chi connectivity index (χ1v) is 5.38. The Bertz CT molecular complexity index is 362. The van der Waals surface area contributed by atoms with Crippen LogP contribution in [0.4, 0.5) is 5.69 Å². The average Bonchev–Trinajstić information content (AvgIpc) is 2.26. The number of primary amides is 1. The number of carbonyl (C=O) groups excluding carboxylic acids is 1. The van der Waals surface area contributed by atoms with Crippen molar-refractivity contribution in [2.45, 2.75) is 25.2 Å². The van der Waals surface area contributed by atoms with E-state index in [1.54, 1.807) is 0 Å². The van der Waals surface area contributed by atoms with Gasteiger partial charge in [-0.05, 0) is 30.4 Å². The Hall–Kier alpha value is -1.51. The first-order valence-electron chi connectivity index (χ1n) is 5.38. The van der Waals surface area contributed by atoms with Crippen LogP contribution in [-0.2, 0) is 4.79 Å². The fraction of sp³-hybridized carbons (Fsp3) is 0.417. The predicted octanol–water partition coefficient (Wildman–Crippen LogP) is 1.85. The molecule has 0 bridgehead atoms. The Kier molecular flexibility index (Phi) is 2.90. The SMILES string of the molecule is NC(=O)CC[C@@H]1CCNc2ccccc21. The van der Waals surface area contributed by atoms with Crippen LogP contribution in [0.15, 0.2) is 24.3 Å². The maximum Gasteiger partial charge on any atom is 0.217 e. The molecule has 15 heavy (non-hydrogen) atoms.